The molecular weight excluding hydrogens is 474 g/mol. The molecule has 5 atom stereocenters. The van der Waals surface area contributed by atoms with E-state index in [4.69, 9.17) is 14.2 Å². The molecule has 1 saturated carbocycles. The van der Waals surface area contributed by atoms with Gasteiger partial charge in [-0.1, -0.05) is 18.2 Å². The molecule has 5 unspecified atom stereocenters. The fraction of sp³-hybridized carbons (Fsp3) is 0.481. The third kappa shape index (κ3) is 5.09. The third-order valence-corrected chi connectivity index (χ3v) is 7.77. The third-order valence-electron chi connectivity index (χ3n) is 7.77. The van der Waals surface area contributed by atoms with Gasteiger partial charge in [-0.2, -0.15) is 5.53 Å². The van der Waals surface area contributed by atoms with Gasteiger partial charge in [0, 0.05) is 18.5 Å². The van der Waals surface area contributed by atoms with Crippen molar-refractivity contribution in [1.29, 1.82) is 0 Å². The summed E-state index contributed by atoms with van der Waals surface area (Å²) in [6.07, 6.45) is 2.46. The van der Waals surface area contributed by atoms with Crippen molar-refractivity contribution in [2.45, 2.75) is 43.9 Å². The number of nitrogens with one attached hydrogen (secondary N) is 4. The molecule has 1 aliphatic carbocycles. The molecule has 0 radical (unpaired) electrons. The van der Waals surface area contributed by atoms with Gasteiger partial charge >= 0.3 is 0 Å². The second kappa shape index (κ2) is 11.0. The normalized spacial score (nSPS) is 27.0. The number of benzene rings is 2. The first-order valence-electron chi connectivity index (χ1n) is 12.7. The standard InChI is InChI=1S/C27H35N5O5/c1-35-19-8-5-17(6-9-19)24-25-29-27(34)20-10-7-18(15-21(20)32(25)31-30-24)26(33)28-13-12-16-4-11-22(36-2)23(14-16)37-3/h4-6,8-9,11,14,18,20-21,24-25,30-31H,7,10,12-13,15H2,1-3H3,(H,28,33)(H,29,34). The monoisotopic (exact) mass is 509 g/mol. The molecule has 10 nitrogen and oxygen atoms in total. The van der Waals surface area contributed by atoms with Gasteiger partial charge in [-0.05, 0) is 61.1 Å². The summed E-state index contributed by atoms with van der Waals surface area (Å²) in [5, 5.41) is 8.37. The lowest BCUT2D eigenvalue weighted by Gasteiger charge is -2.46. The zero-order chi connectivity index (χ0) is 25.9. The number of carbonyl (C=O) groups is 2. The van der Waals surface area contributed by atoms with Crippen molar-refractivity contribution in [3.63, 3.8) is 0 Å². The number of hydrogen-bond acceptors (Lipinski definition) is 8. The molecule has 2 amide bonds. The van der Waals surface area contributed by atoms with Gasteiger partial charge in [-0.3, -0.25) is 9.59 Å². The Labute approximate surface area is 217 Å². The summed E-state index contributed by atoms with van der Waals surface area (Å²) in [6.45, 7) is 0.533. The molecule has 5 rings (SSSR count). The summed E-state index contributed by atoms with van der Waals surface area (Å²) < 4.78 is 15.9. The van der Waals surface area contributed by atoms with E-state index in [-0.39, 0.29) is 41.9 Å². The van der Waals surface area contributed by atoms with E-state index in [0.29, 0.717) is 43.7 Å². The zero-order valence-electron chi connectivity index (χ0n) is 21.5. The largest absolute Gasteiger partial charge is 0.497 e. The van der Waals surface area contributed by atoms with Crippen LogP contribution in [0.25, 0.3) is 0 Å². The van der Waals surface area contributed by atoms with Crippen molar-refractivity contribution < 1.29 is 23.8 Å². The molecular formula is C27H35N5O5. The van der Waals surface area contributed by atoms with Gasteiger partial charge in [0.2, 0.25) is 11.8 Å². The summed E-state index contributed by atoms with van der Waals surface area (Å²) in [7, 11) is 4.86. The van der Waals surface area contributed by atoms with E-state index in [9.17, 15) is 9.59 Å². The quantitative estimate of drug-likeness (QED) is 0.425. The first-order chi connectivity index (χ1) is 18.0. The highest BCUT2D eigenvalue weighted by molar-refractivity contribution is 5.83. The average Bonchev–Trinajstić information content (AvgIpc) is 3.36. The van der Waals surface area contributed by atoms with Crippen molar-refractivity contribution in [3.8, 4) is 17.2 Å². The molecule has 3 aliphatic rings. The van der Waals surface area contributed by atoms with Crippen molar-refractivity contribution in [2.75, 3.05) is 27.9 Å². The molecule has 2 aromatic rings. The molecule has 10 heteroatoms. The Balaban J connectivity index is 1.19. The van der Waals surface area contributed by atoms with E-state index in [2.05, 4.69) is 26.6 Å². The van der Waals surface area contributed by atoms with Crippen LogP contribution in [0.4, 0.5) is 0 Å². The van der Waals surface area contributed by atoms with E-state index in [1.807, 2.05) is 42.5 Å². The Morgan fingerprint density at radius 2 is 1.81 bits per heavy atom. The van der Waals surface area contributed by atoms with Gasteiger partial charge < -0.3 is 24.8 Å². The minimum Gasteiger partial charge on any atom is -0.497 e. The van der Waals surface area contributed by atoms with Crippen LogP contribution in [-0.4, -0.2) is 56.9 Å². The van der Waals surface area contributed by atoms with E-state index < -0.39 is 0 Å². The van der Waals surface area contributed by atoms with Crippen LogP contribution in [0.2, 0.25) is 0 Å². The molecule has 0 bridgehead atoms. The molecule has 198 valence electrons. The highest BCUT2D eigenvalue weighted by Crippen LogP contribution is 2.39. The first-order valence-corrected chi connectivity index (χ1v) is 12.7. The minimum atomic E-state index is -0.242. The van der Waals surface area contributed by atoms with Gasteiger partial charge in [-0.25, -0.2) is 10.4 Å². The summed E-state index contributed by atoms with van der Waals surface area (Å²) in [4.78, 5) is 26.1. The smallest absolute Gasteiger partial charge is 0.226 e. The number of hydrazine groups is 2. The van der Waals surface area contributed by atoms with Crippen molar-refractivity contribution >= 4 is 11.8 Å². The second-order valence-corrected chi connectivity index (χ2v) is 9.78. The molecule has 2 aromatic carbocycles. The SMILES string of the molecule is COc1ccc(C2NNN3C4CC(C(=O)NCCc5ccc(OC)c(OC)c5)CCC4C(=O)NC23)cc1. The van der Waals surface area contributed by atoms with Crippen molar-refractivity contribution in [2.24, 2.45) is 11.8 Å². The molecule has 2 aliphatic heterocycles. The highest BCUT2D eigenvalue weighted by atomic mass is 16.5. The number of rotatable bonds is 8. The number of carbonyl (C=O) groups excluding carboxylic acids is 2. The van der Waals surface area contributed by atoms with Gasteiger partial charge in [0.1, 0.15) is 11.9 Å². The predicted octanol–water partition coefficient (Wildman–Crippen LogP) is 1.68. The maximum Gasteiger partial charge on any atom is 0.226 e. The van der Waals surface area contributed by atoms with Crippen LogP contribution in [0.5, 0.6) is 17.2 Å². The summed E-state index contributed by atoms with van der Waals surface area (Å²) in [5.41, 5.74) is 8.71. The van der Waals surface area contributed by atoms with Crippen LogP contribution < -0.4 is 35.8 Å². The Bertz CT molecular complexity index is 1130. The Kier molecular flexibility index (Phi) is 7.50. The molecule has 0 aromatic heterocycles. The fourth-order valence-electron chi connectivity index (χ4n) is 5.73. The summed E-state index contributed by atoms with van der Waals surface area (Å²) in [6, 6.07) is 13.4. The molecule has 0 spiro atoms. The molecule has 37 heavy (non-hydrogen) atoms. The Hall–Kier alpha value is -3.34. The van der Waals surface area contributed by atoms with Gasteiger partial charge in [0.25, 0.3) is 0 Å². The highest BCUT2D eigenvalue weighted by Gasteiger charge is 2.51. The number of nitrogens with zero attached hydrogens (tertiary/aromatic N) is 1. The van der Waals surface area contributed by atoms with Gasteiger partial charge in [0.05, 0.1) is 33.3 Å². The van der Waals surface area contributed by atoms with E-state index >= 15 is 0 Å². The number of hydrogen-bond donors (Lipinski definition) is 4. The molecule has 2 saturated heterocycles. The summed E-state index contributed by atoms with van der Waals surface area (Å²) in [5.74, 6) is 1.96. The van der Waals surface area contributed by atoms with Crippen LogP contribution in [0.1, 0.15) is 36.4 Å². The number of methoxy groups -OCH3 is 3. The van der Waals surface area contributed by atoms with Crippen molar-refractivity contribution in [1.82, 2.24) is 26.6 Å². The van der Waals surface area contributed by atoms with E-state index in [1.165, 1.54) is 0 Å². The second-order valence-electron chi connectivity index (χ2n) is 9.78. The van der Waals surface area contributed by atoms with Crippen LogP contribution in [-0.2, 0) is 16.0 Å². The maximum absolute atomic E-state index is 13.1. The molecule has 4 N–H and O–H groups in total. The topological polar surface area (TPSA) is 113 Å². The number of amides is 2. The average molecular weight is 510 g/mol. The Morgan fingerprint density at radius 1 is 1.03 bits per heavy atom. The number of ether oxygens (including phenoxy) is 3. The molecule has 3 fully saturated rings. The maximum atomic E-state index is 13.1. The first kappa shape index (κ1) is 25.3. The van der Waals surface area contributed by atoms with E-state index in [0.717, 1.165) is 16.9 Å². The lowest BCUT2D eigenvalue weighted by Crippen LogP contribution is -2.65. The summed E-state index contributed by atoms with van der Waals surface area (Å²) >= 11 is 0. The van der Waals surface area contributed by atoms with Crippen LogP contribution in [0.3, 0.4) is 0 Å². The fourth-order valence-corrected chi connectivity index (χ4v) is 5.73. The van der Waals surface area contributed by atoms with Crippen LogP contribution in [0, 0.1) is 11.8 Å². The number of fused-ring (bicyclic) bond motifs is 3. The lowest BCUT2D eigenvalue weighted by atomic mass is 9.75. The van der Waals surface area contributed by atoms with Gasteiger partial charge in [-0.15, -0.1) is 0 Å². The zero-order valence-corrected chi connectivity index (χ0v) is 21.5. The lowest BCUT2D eigenvalue weighted by molar-refractivity contribution is -0.143. The Morgan fingerprint density at radius 3 is 2.54 bits per heavy atom. The predicted molar refractivity (Wildman–Crippen MR) is 137 cm³/mol. The minimum absolute atomic E-state index is 0.0420. The van der Waals surface area contributed by atoms with Crippen LogP contribution >= 0.6 is 0 Å². The van der Waals surface area contributed by atoms with Crippen LogP contribution in [0.15, 0.2) is 42.5 Å². The van der Waals surface area contributed by atoms with Gasteiger partial charge in [0.15, 0.2) is 11.5 Å². The molecule has 2 heterocycles. The van der Waals surface area contributed by atoms with Crippen molar-refractivity contribution in [3.05, 3.63) is 53.6 Å². The van der Waals surface area contributed by atoms with E-state index in [1.54, 1.807) is 21.3 Å².